The largest absolute Gasteiger partial charge is 0.288 e. The zero-order valence-electron chi connectivity index (χ0n) is 9.18. The van der Waals surface area contributed by atoms with Gasteiger partial charge in [-0.25, -0.2) is 0 Å². The highest BCUT2D eigenvalue weighted by atomic mass is 35.5. The first-order chi connectivity index (χ1) is 8.90. The maximum absolute atomic E-state index is 12.3. The predicted octanol–water partition coefficient (Wildman–Crippen LogP) is 6.18. The molecular formula is C13H5Cl5O. The summed E-state index contributed by atoms with van der Waals surface area (Å²) >= 11 is 29.5. The minimum Gasteiger partial charge on any atom is -0.288 e. The molecule has 0 atom stereocenters. The highest BCUT2D eigenvalue weighted by molar-refractivity contribution is 6.44. The van der Waals surface area contributed by atoms with Gasteiger partial charge in [0.25, 0.3) is 0 Å². The molecule has 0 N–H and O–H groups in total. The second-order valence-corrected chi connectivity index (χ2v) is 5.77. The van der Waals surface area contributed by atoms with Crippen LogP contribution >= 0.6 is 58.0 Å². The molecule has 0 saturated heterocycles. The Hall–Kier alpha value is -0.440. The summed E-state index contributed by atoms with van der Waals surface area (Å²) in [5.41, 5.74) is 0.534. The van der Waals surface area contributed by atoms with Crippen LogP contribution in [-0.4, -0.2) is 5.78 Å². The lowest BCUT2D eigenvalue weighted by Crippen LogP contribution is -2.03. The molecule has 0 aliphatic carbocycles. The molecule has 2 aromatic rings. The first kappa shape index (κ1) is 15.0. The Kier molecular flexibility index (Phi) is 4.65. The summed E-state index contributed by atoms with van der Waals surface area (Å²) in [5.74, 6) is -0.342. The number of halogens is 5. The van der Waals surface area contributed by atoms with Gasteiger partial charge in [-0.15, -0.1) is 0 Å². The van der Waals surface area contributed by atoms with Crippen molar-refractivity contribution in [3.05, 3.63) is 66.6 Å². The van der Waals surface area contributed by atoms with E-state index in [9.17, 15) is 4.79 Å². The average Bonchev–Trinajstić information content (AvgIpc) is 2.31. The molecular weight excluding hydrogens is 349 g/mol. The molecule has 0 spiro atoms. The van der Waals surface area contributed by atoms with Crippen LogP contribution in [0.1, 0.15) is 15.9 Å². The van der Waals surface area contributed by atoms with E-state index in [1.807, 2.05) is 0 Å². The molecule has 6 heteroatoms. The molecule has 19 heavy (non-hydrogen) atoms. The maximum Gasteiger partial charge on any atom is 0.196 e. The van der Waals surface area contributed by atoms with Gasteiger partial charge in [-0.1, -0.05) is 58.0 Å². The van der Waals surface area contributed by atoms with E-state index >= 15 is 0 Å². The van der Waals surface area contributed by atoms with E-state index in [2.05, 4.69) is 0 Å². The van der Waals surface area contributed by atoms with E-state index in [1.54, 1.807) is 6.07 Å². The first-order valence-electron chi connectivity index (χ1n) is 5.04. The maximum atomic E-state index is 12.3. The minimum absolute atomic E-state index is 0.186. The minimum atomic E-state index is -0.342. The molecule has 2 aromatic carbocycles. The zero-order valence-corrected chi connectivity index (χ0v) is 13.0. The van der Waals surface area contributed by atoms with Gasteiger partial charge in [0.2, 0.25) is 0 Å². The van der Waals surface area contributed by atoms with Crippen LogP contribution in [0.3, 0.4) is 0 Å². The van der Waals surface area contributed by atoms with Gasteiger partial charge >= 0.3 is 0 Å². The van der Waals surface area contributed by atoms with E-state index < -0.39 is 0 Å². The predicted molar refractivity (Wildman–Crippen MR) is 81.4 cm³/mol. The van der Waals surface area contributed by atoms with Gasteiger partial charge in [0.15, 0.2) is 5.78 Å². The van der Waals surface area contributed by atoms with E-state index in [4.69, 9.17) is 58.0 Å². The SMILES string of the molecule is O=C(c1ccc(Cl)c(Cl)c1)c1c(Cl)cc(Cl)cc1Cl. The molecule has 1 nitrogen and oxygen atoms in total. The van der Waals surface area contributed by atoms with Crippen LogP contribution < -0.4 is 0 Å². The van der Waals surface area contributed by atoms with Crippen molar-refractivity contribution in [3.8, 4) is 0 Å². The van der Waals surface area contributed by atoms with Crippen LogP contribution in [0.15, 0.2) is 30.3 Å². The molecule has 0 unspecified atom stereocenters. The standard InChI is InChI=1S/C13H5Cl5O/c14-7-4-10(17)12(11(18)5-7)13(19)6-1-2-8(15)9(16)3-6/h1-5H. The molecule has 0 bridgehead atoms. The Balaban J connectivity index is 2.53. The van der Waals surface area contributed by atoms with Gasteiger partial charge in [-0.3, -0.25) is 4.79 Å². The molecule has 0 aliphatic heterocycles. The highest BCUT2D eigenvalue weighted by Gasteiger charge is 2.18. The van der Waals surface area contributed by atoms with Gasteiger partial charge in [0.05, 0.1) is 25.7 Å². The molecule has 0 heterocycles. The van der Waals surface area contributed by atoms with E-state index in [1.165, 1.54) is 24.3 Å². The number of rotatable bonds is 2. The second-order valence-electron chi connectivity index (χ2n) is 3.70. The van der Waals surface area contributed by atoms with Crippen molar-refractivity contribution in [1.82, 2.24) is 0 Å². The monoisotopic (exact) mass is 352 g/mol. The van der Waals surface area contributed by atoms with Crippen molar-refractivity contribution in [2.24, 2.45) is 0 Å². The lowest BCUT2D eigenvalue weighted by Gasteiger charge is -2.07. The molecule has 2 rings (SSSR count). The Morgan fingerprint density at radius 3 is 1.84 bits per heavy atom. The fraction of sp³-hybridized carbons (Fsp3) is 0. The van der Waals surface area contributed by atoms with Gasteiger partial charge in [0, 0.05) is 10.6 Å². The van der Waals surface area contributed by atoms with Crippen LogP contribution in [0.4, 0.5) is 0 Å². The molecule has 0 aliphatic rings. The third kappa shape index (κ3) is 3.18. The van der Waals surface area contributed by atoms with E-state index in [0.29, 0.717) is 15.6 Å². The van der Waals surface area contributed by atoms with E-state index in [0.717, 1.165) is 0 Å². The van der Waals surface area contributed by atoms with Crippen LogP contribution in [0, 0.1) is 0 Å². The van der Waals surface area contributed by atoms with Gasteiger partial charge in [-0.05, 0) is 30.3 Å². The van der Waals surface area contributed by atoms with Crippen molar-refractivity contribution in [2.75, 3.05) is 0 Å². The lowest BCUT2D eigenvalue weighted by atomic mass is 10.0. The highest BCUT2D eigenvalue weighted by Crippen LogP contribution is 2.32. The summed E-state index contributed by atoms with van der Waals surface area (Å²) in [6.07, 6.45) is 0. The third-order valence-corrected chi connectivity index (χ3v) is 3.97. The van der Waals surface area contributed by atoms with Crippen LogP contribution in [-0.2, 0) is 0 Å². The summed E-state index contributed by atoms with van der Waals surface area (Å²) in [6.45, 7) is 0. The summed E-state index contributed by atoms with van der Waals surface area (Å²) in [6, 6.07) is 7.47. The normalized spacial score (nSPS) is 10.6. The smallest absolute Gasteiger partial charge is 0.196 e. The number of ketones is 1. The first-order valence-corrected chi connectivity index (χ1v) is 6.93. The number of hydrogen-bond acceptors (Lipinski definition) is 1. The van der Waals surface area contributed by atoms with Crippen molar-refractivity contribution >= 4 is 63.8 Å². The Bertz CT molecular complexity index is 643. The Morgan fingerprint density at radius 2 is 1.32 bits per heavy atom. The van der Waals surface area contributed by atoms with Gasteiger partial charge in [-0.2, -0.15) is 0 Å². The zero-order chi connectivity index (χ0) is 14.2. The molecule has 0 fully saturated rings. The van der Waals surface area contributed by atoms with Gasteiger partial charge < -0.3 is 0 Å². The summed E-state index contributed by atoms with van der Waals surface area (Å²) in [7, 11) is 0. The second kappa shape index (κ2) is 5.90. The number of benzene rings is 2. The van der Waals surface area contributed by atoms with E-state index in [-0.39, 0.29) is 26.4 Å². The fourth-order valence-electron chi connectivity index (χ4n) is 1.54. The van der Waals surface area contributed by atoms with Crippen LogP contribution in [0.2, 0.25) is 25.1 Å². The van der Waals surface area contributed by atoms with Gasteiger partial charge in [0.1, 0.15) is 0 Å². The fourth-order valence-corrected chi connectivity index (χ4v) is 2.83. The summed E-state index contributed by atoms with van der Waals surface area (Å²) in [4.78, 5) is 12.3. The number of hydrogen-bond donors (Lipinski definition) is 0. The number of carbonyl (C=O) groups excluding carboxylic acids is 1. The molecule has 0 saturated carbocycles. The summed E-state index contributed by atoms with van der Waals surface area (Å²) < 4.78 is 0. The van der Waals surface area contributed by atoms with Crippen molar-refractivity contribution in [3.63, 3.8) is 0 Å². The van der Waals surface area contributed by atoms with Crippen molar-refractivity contribution < 1.29 is 4.79 Å². The van der Waals surface area contributed by atoms with Crippen molar-refractivity contribution in [2.45, 2.75) is 0 Å². The lowest BCUT2D eigenvalue weighted by molar-refractivity contribution is 0.103. The summed E-state index contributed by atoms with van der Waals surface area (Å²) in [5, 5.41) is 1.39. The van der Waals surface area contributed by atoms with Crippen LogP contribution in [0.5, 0.6) is 0 Å². The average molecular weight is 354 g/mol. The quantitative estimate of drug-likeness (QED) is 0.588. The molecule has 0 radical (unpaired) electrons. The third-order valence-electron chi connectivity index (χ3n) is 2.42. The number of carbonyl (C=O) groups is 1. The Labute approximate surface area is 135 Å². The molecule has 0 aromatic heterocycles. The van der Waals surface area contributed by atoms with Crippen molar-refractivity contribution in [1.29, 1.82) is 0 Å². The molecule has 0 amide bonds. The molecule has 98 valence electrons. The Morgan fingerprint density at radius 1 is 0.737 bits per heavy atom. The van der Waals surface area contributed by atoms with Crippen LogP contribution in [0.25, 0.3) is 0 Å². The topological polar surface area (TPSA) is 17.1 Å².